The Morgan fingerprint density at radius 2 is 1.91 bits per heavy atom. The molecule has 1 aromatic carbocycles. The summed E-state index contributed by atoms with van der Waals surface area (Å²) in [6.45, 7) is 8.31. The highest BCUT2D eigenvalue weighted by molar-refractivity contribution is 7.92. The van der Waals surface area contributed by atoms with E-state index in [4.69, 9.17) is 14.7 Å². The second-order valence-electron chi connectivity index (χ2n) is 8.45. The van der Waals surface area contributed by atoms with E-state index < -0.39 is 10.0 Å². The van der Waals surface area contributed by atoms with Gasteiger partial charge in [-0.25, -0.2) is 18.4 Å². The number of hydrogen-bond donors (Lipinski definition) is 1. The lowest BCUT2D eigenvalue weighted by Gasteiger charge is -2.27. The summed E-state index contributed by atoms with van der Waals surface area (Å²) in [7, 11) is -3.36. The van der Waals surface area contributed by atoms with E-state index in [0.29, 0.717) is 37.5 Å². The fraction of sp³-hybridized carbons (Fsp3) is 0.478. The summed E-state index contributed by atoms with van der Waals surface area (Å²) in [4.78, 5) is 12.0. The van der Waals surface area contributed by atoms with E-state index in [9.17, 15) is 8.42 Å². The zero-order valence-electron chi connectivity index (χ0n) is 19.1. The number of rotatable bonds is 8. The second-order valence-corrected chi connectivity index (χ2v) is 10.2. The van der Waals surface area contributed by atoms with Crippen LogP contribution in [-0.2, 0) is 21.3 Å². The molecule has 0 amide bonds. The van der Waals surface area contributed by atoms with Crippen LogP contribution in [0.15, 0.2) is 36.5 Å². The molecule has 0 bridgehead atoms. The van der Waals surface area contributed by atoms with Crippen LogP contribution in [-0.4, -0.2) is 54.5 Å². The number of imidazole rings is 1. The number of hydrogen-bond acceptors (Lipinski definition) is 6. The quantitative estimate of drug-likeness (QED) is 0.516. The average molecular weight is 458 g/mol. The van der Waals surface area contributed by atoms with Crippen molar-refractivity contribution in [1.29, 1.82) is 0 Å². The van der Waals surface area contributed by atoms with Gasteiger partial charge in [0.1, 0.15) is 11.6 Å². The molecule has 1 saturated heterocycles. The number of pyridine rings is 1. The van der Waals surface area contributed by atoms with Gasteiger partial charge in [-0.05, 0) is 63.9 Å². The molecule has 2 aromatic heterocycles. The van der Waals surface area contributed by atoms with Crippen LogP contribution in [0.25, 0.3) is 22.4 Å². The molecule has 1 N–H and O–H groups in total. The summed E-state index contributed by atoms with van der Waals surface area (Å²) in [5.74, 6) is 1.78. The van der Waals surface area contributed by atoms with Gasteiger partial charge in [-0.3, -0.25) is 4.72 Å². The van der Waals surface area contributed by atoms with Gasteiger partial charge in [0.25, 0.3) is 0 Å². The first-order valence-electron chi connectivity index (χ1n) is 11.1. The largest absolute Gasteiger partial charge is 0.380 e. The van der Waals surface area contributed by atoms with Crippen LogP contribution in [0.3, 0.4) is 0 Å². The lowest BCUT2D eigenvalue weighted by molar-refractivity contribution is 0.140. The maximum atomic E-state index is 11.6. The van der Waals surface area contributed by atoms with Crippen molar-refractivity contribution in [3.63, 3.8) is 0 Å². The summed E-state index contributed by atoms with van der Waals surface area (Å²) in [5, 5.41) is 0. The van der Waals surface area contributed by atoms with Gasteiger partial charge in [0.2, 0.25) is 10.0 Å². The fourth-order valence-corrected chi connectivity index (χ4v) is 5.03. The number of sulfonamides is 1. The van der Waals surface area contributed by atoms with Gasteiger partial charge < -0.3 is 14.2 Å². The summed E-state index contributed by atoms with van der Waals surface area (Å²) >= 11 is 0. The molecule has 172 valence electrons. The molecule has 2 atom stereocenters. The fourth-order valence-electron chi connectivity index (χ4n) is 4.47. The first-order chi connectivity index (χ1) is 15.3. The number of nitrogens with one attached hydrogen (secondary N) is 1. The number of benzene rings is 1. The molecule has 0 aliphatic carbocycles. The molecule has 1 fully saturated rings. The van der Waals surface area contributed by atoms with Crippen molar-refractivity contribution in [1.82, 2.24) is 14.5 Å². The topological polar surface area (TPSA) is 89.3 Å². The number of nitrogens with zero attached hydrogens (tertiary/aromatic N) is 4. The molecular weight excluding hydrogens is 426 g/mol. The van der Waals surface area contributed by atoms with Gasteiger partial charge in [0, 0.05) is 37.0 Å². The Morgan fingerprint density at radius 3 is 2.53 bits per heavy atom. The molecule has 3 aromatic rings. The van der Waals surface area contributed by atoms with Gasteiger partial charge in [-0.15, -0.1) is 0 Å². The first-order valence-corrected chi connectivity index (χ1v) is 13.0. The lowest BCUT2D eigenvalue weighted by Crippen LogP contribution is -2.33. The average Bonchev–Trinajstić information content (AvgIpc) is 3.26. The van der Waals surface area contributed by atoms with Gasteiger partial charge in [-0.2, -0.15) is 0 Å². The number of anilines is 2. The van der Waals surface area contributed by atoms with Crippen LogP contribution in [0.2, 0.25) is 0 Å². The predicted molar refractivity (Wildman–Crippen MR) is 129 cm³/mol. The van der Waals surface area contributed by atoms with E-state index in [1.165, 1.54) is 12.8 Å². The Balaban J connectivity index is 1.71. The van der Waals surface area contributed by atoms with Crippen molar-refractivity contribution in [2.24, 2.45) is 0 Å². The molecule has 8 nitrogen and oxygen atoms in total. The predicted octanol–water partition coefficient (Wildman–Crippen LogP) is 3.88. The van der Waals surface area contributed by atoms with Crippen molar-refractivity contribution in [2.45, 2.75) is 52.2 Å². The summed E-state index contributed by atoms with van der Waals surface area (Å²) in [6.07, 6.45) is 5.38. The third-order valence-corrected chi connectivity index (χ3v) is 6.54. The van der Waals surface area contributed by atoms with Crippen LogP contribution < -0.4 is 9.62 Å². The van der Waals surface area contributed by atoms with Crippen LogP contribution in [0.5, 0.6) is 0 Å². The lowest BCUT2D eigenvalue weighted by atomic mass is 10.2. The van der Waals surface area contributed by atoms with E-state index in [-0.39, 0.29) is 0 Å². The zero-order chi connectivity index (χ0) is 22.9. The van der Waals surface area contributed by atoms with Crippen molar-refractivity contribution in [3.05, 3.63) is 36.5 Å². The Morgan fingerprint density at radius 1 is 1.16 bits per heavy atom. The van der Waals surface area contributed by atoms with Crippen LogP contribution in [0.4, 0.5) is 11.5 Å². The van der Waals surface area contributed by atoms with Crippen LogP contribution in [0, 0.1) is 0 Å². The third-order valence-electron chi connectivity index (χ3n) is 5.94. The molecule has 0 radical (unpaired) electrons. The monoisotopic (exact) mass is 457 g/mol. The summed E-state index contributed by atoms with van der Waals surface area (Å²) < 4.78 is 33.5. The highest BCUT2D eigenvalue weighted by Gasteiger charge is 2.28. The zero-order valence-corrected chi connectivity index (χ0v) is 19.9. The molecule has 9 heteroatoms. The van der Waals surface area contributed by atoms with E-state index in [0.717, 1.165) is 34.5 Å². The van der Waals surface area contributed by atoms with Crippen LogP contribution in [0.1, 0.15) is 33.6 Å². The first kappa shape index (κ1) is 22.5. The van der Waals surface area contributed by atoms with E-state index in [1.807, 2.05) is 19.2 Å². The Labute approximate surface area is 189 Å². The third kappa shape index (κ3) is 4.73. The number of aromatic nitrogens is 3. The molecule has 3 heterocycles. The van der Waals surface area contributed by atoms with Crippen molar-refractivity contribution < 1.29 is 13.2 Å². The van der Waals surface area contributed by atoms with Gasteiger partial charge in [0.15, 0.2) is 0 Å². The molecular formula is C23H31N5O3S. The van der Waals surface area contributed by atoms with E-state index in [1.54, 1.807) is 12.1 Å². The normalized spacial score (nSPS) is 19.1. The number of fused-ring (bicyclic) bond motifs is 1. The number of ether oxygens (including phenoxy) is 1. The summed E-state index contributed by atoms with van der Waals surface area (Å²) in [6, 6.07) is 10.5. The van der Waals surface area contributed by atoms with Crippen molar-refractivity contribution in [3.8, 4) is 11.4 Å². The minimum atomic E-state index is -3.36. The van der Waals surface area contributed by atoms with Crippen LogP contribution >= 0.6 is 0 Å². The molecule has 0 spiro atoms. The van der Waals surface area contributed by atoms with E-state index in [2.05, 4.69) is 40.2 Å². The summed E-state index contributed by atoms with van der Waals surface area (Å²) in [5.41, 5.74) is 3.05. The highest BCUT2D eigenvalue weighted by Crippen LogP contribution is 2.31. The van der Waals surface area contributed by atoms with Gasteiger partial charge in [-0.1, -0.05) is 0 Å². The van der Waals surface area contributed by atoms with Gasteiger partial charge in [0.05, 0.1) is 29.6 Å². The molecule has 4 rings (SSSR count). The maximum absolute atomic E-state index is 11.6. The molecule has 0 saturated carbocycles. The van der Waals surface area contributed by atoms with Crippen molar-refractivity contribution in [2.75, 3.05) is 29.1 Å². The second kappa shape index (κ2) is 9.07. The Bertz CT molecular complexity index is 1180. The maximum Gasteiger partial charge on any atom is 0.229 e. The standard InChI is InChI=1S/C23H31N5O3S/c1-5-31-13-12-27-21-10-9-19(26-32(4,29)30)14-20(21)25-23(27)18-8-11-22(24-15-18)28-16(2)6-7-17(28)3/h8-11,14-17,26H,5-7,12-13H2,1-4H3/t16-,17-/m0/s1. The molecule has 1 aliphatic heterocycles. The molecule has 32 heavy (non-hydrogen) atoms. The Kier molecular flexibility index (Phi) is 6.39. The minimum absolute atomic E-state index is 0.486. The highest BCUT2D eigenvalue weighted by atomic mass is 32.2. The molecule has 0 unspecified atom stereocenters. The minimum Gasteiger partial charge on any atom is -0.380 e. The Hall–Kier alpha value is -2.65. The van der Waals surface area contributed by atoms with Crippen molar-refractivity contribution >= 4 is 32.6 Å². The van der Waals surface area contributed by atoms with Gasteiger partial charge >= 0.3 is 0 Å². The SMILES string of the molecule is CCOCCn1c(-c2ccc(N3[C@@H](C)CC[C@@H]3C)nc2)nc2cc(NS(C)(=O)=O)ccc21. The van der Waals surface area contributed by atoms with E-state index >= 15 is 0 Å². The smallest absolute Gasteiger partial charge is 0.229 e. The molecule has 1 aliphatic rings.